The van der Waals surface area contributed by atoms with Crippen LogP contribution < -0.4 is 5.32 Å². The number of carbonyl (C=O) groups is 2. The molecule has 0 aliphatic rings. The van der Waals surface area contributed by atoms with Gasteiger partial charge in [-0.25, -0.2) is 0 Å². The van der Waals surface area contributed by atoms with Crippen LogP contribution in [0.2, 0.25) is 0 Å². The molecule has 3 N–H and O–H groups in total. The predicted octanol–water partition coefficient (Wildman–Crippen LogP) is 15.6. The van der Waals surface area contributed by atoms with Gasteiger partial charge in [0.2, 0.25) is 5.91 Å². The lowest BCUT2D eigenvalue weighted by Crippen LogP contribution is -2.46. The van der Waals surface area contributed by atoms with Gasteiger partial charge in [0, 0.05) is 6.42 Å². The number of ether oxygens (including phenoxy) is 1. The average molecular weight is 822 g/mol. The SMILES string of the molecule is CCCCCCCCCCCCCCCCCC(CC(=O)NC(CO)C(O)CCCCCCCCCCCCCC)OC(=O)CCCCCCCCCCCCCC. The number of rotatable bonds is 48. The maximum absolute atomic E-state index is 13.2. The van der Waals surface area contributed by atoms with Gasteiger partial charge < -0.3 is 20.3 Å². The summed E-state index contributed by atoms with van der Waals surface area (Å²) >= 11 is 0. The number of hydrogen-bond acceptors (Lipinski definition) is 5. The van der Waals surface area contributed by atoms with Crippen molar-refractivity contribution in [2.24, 2.45) is 0 Å². The van der Waals surface area contributed by atoms with Crippen LogP contribution in [-0.4, -0.2) is 46.9 Å². The Morgan fingerprint density at radius 1 is 0.431 bits per heavy atom. The average Bonchev–Trinajstić information content (AvgIpc) is 3.22. The molecule has 0 fully saturated rings. The van der Waals surface area contributed by atoms with Crippen LogP contribution in [0.5, 0.6) is 0 Å². The molecule has 1 amide bonds. The zero-order valence-corrected chi connectivity index (χ0v) is 39.5. The second-order valence-corrected chi connectivity index (χ2v) is 18.3. The van der Waals surface area contributed by atoms with Crippen molar-refractivity contribution in [1.82, 2.24) is 5.32 Å². The van der Waals surface area contributed by atoms with E-state index in [-0.39, 0.29) is 24.9 Å². The molecule has 0 aromatic rings. The Morgan fingerprint density at radius 3 is 1.05 bits per heavy atom. The second-order valence-electron chi connectivity index (χ2n) is 18.3. The van der Waals surface area contributed by atoms with Crippen LogP contribution in [0.25, 0.3) is 0 Å². The van der Waals surface area contributed by atoms with Crippen molar-refractivity contribution in [2.75, 3.05) is 6.61 Å². The number of aliphatic hydroxyl groups is 2. The highest BCUT2D eigenvalue weighted by Crippen LogP contribution is 2.19. The van der Waals surface area contributed by atoms with Gasteiger partial charge in [0.25, 0.3) is 0 Å². The highest BCUT2D eigenvalue weighted by molar-refractivity contribution is 5.77. The first kappa shape index (κ1) is 56.9. The Bertz CT molecular complexity index is 837. The smallest absolute Gasteiger partial charge is 0.306 e. The number of unbranched alkanes of at least 4 members (excludes halogenated alkanes) is 36. The van der Waals surface area contributed by atoms with Crippen LogP contribution in [0.4, 0.5) is 0 Å². The minimum atomic E-state index is -0.778. The lowest BCUT2D eigenvalue weighted by Gasteiger charge is -2.24. The standard InChI is InChI=1S/C52H103NO5/c1-4-7-10-13-16-19-22-25-26-27-28-31-34-37-40-43-48(58-52(57)45-42-39-36-33-30-24-21-18-15-12-9-6-3)46-51(56)53-49(47-54)50(55)44-41-38-35-32-29-23-20-17-14-11-8-5-2/h48-50,54-55H,4-47H2,1-3H3,(H,53,56). The minimum Gasteiger partial charge on any atom is -0.462 e. The third-order valence-corrected chi connectivity index (χ3v) is 12.4. The first-order chi connectivity index (χ1) is 28.5. The first-order valence-corrected chi connectivity index (χ1v) is 26.3. The van der Waals surface area contributed by atoms with Crippen molar-refractivity contribution in [3.05, 3.63) is 0 Å². The fraction of sp³-hybridized carbons (Fsp3) is 0.962. The fourth-order valence-corrected chi connectivity index (χ4v) is 8.43. The van der Waals surface area contributed by atoms with Gasteiger partial charge >= 0.3 is 5.97 Å². The summed E-state index contributed by atoms with van der Waals surface area (Å²) < 4.78 is 5.94. The predicted molar refractivity (Wildman–Crippen MR) is 250 cm³/mol. The summed E-state index contributed by atoms with van der Waals surface area (Å²) in [6.07, 6.45) is 50.2. The maximum Gasteiger partial charge on any atom is 0.306 e. The molecule has 58 heavy (non-hydrogen) atoms. The molecule has 0 aromatic heterocycles. The quantitative estimate of drug-likeness (QED) is 0.0420. The molecule has 0 bridgehead atoms. The Labute approximate surface area is 362 Å². The second kappa shape index (κ2) is 46.9. The van der Waals surface area contributed by atoms with Gasteiger partial charge in [-0.2, -0.15) is 0 Å². The van der Waals surface area contributed by atoms with E-state index in [0.717, 1.165) is 44.9 Å². The highest BCUT2D eigenvalue weighted by atomic mass is 16.5. The fourth-order valence-electron chi connectivity index (χ4n) is 8.43. The van der Waals surface area contributed by atoms with Crippen LogP contribution in [0.1, 0.15) is 297 Å². The Hall–Kier alpha value is -1.14. The number of esters is 1. The molecule has 0 heterocycles. The van der Waals surface area contributed by atoms with Crippen molar-refractivity contribution in [3.8, 4) is 0 Å². The van der Waals surface area contributed by atoms with Gasteiger partial charge in [-0.1, -0.05) is 258 Å². The van der Waals surface area contributed by atoms with Crippen LogP contribution >= 0.6 is 0 Å². The summed E-state index contributed by atoms with van der Waals surface area (Å²) in [5, 5.41) is 23.8. The molecule has 6 nitrogen and oxygen atoms in total. The number of amides is 1. The van der Waals surface area contributed by atoms with Crippen LogP contribution in [-0.2, 0) is 14.3 Å². The van der Waals surface area contributed by atoms with Crippen molar-refractivity contribution in [3.63, 3.8) is 0 Å². The molecular formula is C52H103NO5. The van der Waals surface area contributed by atoms with Gasteiger partial charge in [0.15, 0.2) is 0 Å². The topological polar surface area (TPSA) is 95.9 Å². The van der Waals surface area contributed by atoms with E-state index in [1.807, 2.05) is 0 Å². The summed E-state index contributed by atoms with van der Waals surface area (Å²) in [7, 11) is 0. The van der Waals surface area contributed by atoms with Crippen LogP contribution in [0.15, 0.2) is 0 Å². The summed E-state index contributed by atoms with van der Waals surface area (Å²) in [5.74, 6) is -0.450. The van der Waals surface area contributed by atoms with E-state index in [9.17, 15) is 19.8 Å². The van der Waals surface area contributed by atoms with Gasteiger partial charge in [-0.3, -0.25) is 9.59 Å². The van der Waals surface area contributed by atoms with E-state index < -0.39 is 18.2 Å². The molecule has 0 aliphatic heterocycles. The van der Waals surface area contributed by atoms with E-state index in [0.29, 0.717) is 19.3 Å². The third-order valence-electron chi connectivity index (χ3n) is 12.4. The Balaban J connectivity index is 4.52. The monoisotopic (exact) mass is 822 g/mol. The molecule has 346 valence electrons. The molecule has 0 radical (unpaired) electrons. The largest absolute Gasteiger partial charge is 0.462 e. The molecule has 0 spiro atoms. The van der Waals surface area contributed by atoms with Crippen molar-refractivity contribution in [2.45, 2.75) is 315 Å². The molecular weight excluding hydrogens is 719 g/mol. The first-order valence-electron chi connectivity index (χ1n) is 26.3. The molecule has 0 rings (SSSR count). The molecule has 0 saturated carbocycles. The number of nitrogens with one attached hydrogen (secondary N) is 1. The zero-order chi connectivity index (χ0) is 42.4. The molecule has 3 unspecified atom stereocenters. The Kier molecular flexibility index (Phi) is 46.0. The summed E-state index contributed by atoms with van der Waals surface area (Å²) in [6.45, 7) is 6.51. The third kappa shape index (κ3) is 41.6. The number of hydrogen-bond donors (Lipinski definition) is 3. The summed E-state index contributed by atoms with van der Waals surface area (Å²) in [5.41, 5.74) is 0. The summed E-state index contributed by atoms with van der Waals surface area (Å²) in [4.78, 5) is 26.1. The summed E-state index contributed by atoms with van der Waals surface area (Å²) in [6, 6.07) is -0.691. The highest BCUT2D eigenvalue weighted by Gasteiger charge is 2.24. The van der Waals surface area contributed by atoms with Gasteiger partial charge in [-0.05, 0) is 25.7 Å². The van der Waals surface area contributed by atoms with Crippen molar-refractivity contribution in [1.29, 1.82) is 0 Å². The van der Waals surface area contributed by atoms with E-state index in [1.54, 1.807) is 0 Å². The number of aliphatic hydroxyl groups excluding tert-OH is 2. The van der Waals surface area contributed by atoms with Gasteiger partial charge in [0.05, 0.1) is 25.2 Å². The maximum atomic E-state index is 13.2. The van der Waals surface area contributed by atoms with Gasteiger partial charge in [-0.15, -0.1) is 0 Å². The molecule has 0 aromatic carbocycles. The molecule has 3 atom stereocenters. The number of carbonyl (C=O) groups excluding carboxylic acids is 2. The van der Waals surface area contributed by atoms with Crippen LogP contribution in [0, 0.1) is 0 Å². The Morgan fingerprint density at radius 2 is 0.724 bits per heavy atom. The van der Waals surface area contributed by atoms with Crippen molar-refractivity contribution < 1.29 is 24.5 Å². The van der Waals surface area contributed by atoms with E-state index in [1.165, 1.54) is 205 Å². The van der Waals surface area contributed by atoms with E-state index in [4.69, 9.17) is 4.74 Å². The minimum absolute atomic E-state index is 0.0879. The van der Waals surface area contributed by atoms with Crippen molar-refractivity contribution >= 4 is 11.9 Å². The molecule has 0 aliphatic carbocycles. The van der Waals surface area contributed by atoms with E-state index in [2.05, 4.69) is 26.1 Å². The van der Waals surface area contributed by atoms with E-state index >= 15 is 0 Å². The normalized spacial score (nSPS) is 13.1. The zero-order valence-electron chi connectivity index (χ0n) is 39.5. The van der Waals surface area contributed by atoms with Crippen LogP contribution in [0.3, 0.4) is 0 Å². The molecule has 6 heteroatoms. The molecule has 0 saturated heterocycles. The lowest BCUT2D eigenvalue weighted by atomic mass is 10.0. The lowest BCUT2D eigenvalue weighted by molar-refractivity contribution is -0.151. The van der Waals surface area contributed by atoms with Gasteiger partial charge in [0.1, 0.15) is 6.10 Å².